The van der Waals surface area contributed by atoms with Crippen molar-refractivity contribution in [3.63, 3.8) is 0 Å². The van der Waals surface area contributed by atoms with Crippen LogP contribution in [-0.2, 0) is 19.3 Å². The fourth-order valence-corrected chi connectivity index (χ4v) is 2.14. The number of aromatic carboxylic acids is 1. The van der Waals surface area contributed by atoms with Crippen LogP contribution in [0.5, 0.6) is 0 Å². The Hall–Kier alpha value is -2.24. The number of pyridine rings is 1. The highest BCUT2D eigenvalue weighted by Gasteiger charge is 2.14. The van der Waals surface area contributed by atoms with Gasteiger partial charge in [0, 0.05) is 18.5 Å². The summed E-state index contributed by atoms with van der Waals surface area (Å²) in [5.74, 6) is 1.11. The molecule has 0 radical (unpaired) electrons. The maximum absolute atomic E-state index is 11.3. The Kier molecular flexibility index (Phi) is 4.67. The molecule has 6 heteroatoms. The lowest BCUT2D eigenvalue weighted by Gasteiger charge is -2.08. The van der Waals surface area contributed by atoms with Crippen LogP contribution < -0.4 is 0 Å². The van der Waals surface area contributed by atoms with Crippen LogP contribution in [0, 0.1) is 0 Å². The summed E-state index contributed by atoms with van der Waals surface area (Å²) in [6.45, 7) is 6.02. The second-order valence-electron chi connectivity index (χ2n) is 4.82. The van der Waals surface area contributed by atoms with E-state index in [-0.39, 0.29) is 5.56 Å². The molecule has 2 aromatic rings. The first-order valence-corrected chi connectivity index (χ1v) is 7.28. The number of aromatic nitrogens is 4. The molecule has 6 nitrogen and oxygen atoms in total. The van der Waals surface area contributed by atoms with Gasteiger partial charge in [-0.25, -0.2) is 14.8 Å². The van der Waals surface area contributed by atoms with Gasteiger partial charge in [0.2, 0.25) is 0 Å². The minimum absolute atomic E-state index is 0.235. The van der Waals surface area contributed by atoms with Crippen LogP contribution in [0.15, 0.2) is 12.1 Å². The SMILES string of the molecule is CCCc1cc(C(=O)O)cc(-n2nc(CC)nc2CC)n1. The van der Waals surface area contributed by atoms with E-state index < -0.39 is 5.97 Å². The summed E-state index contributed by atoms with van der Waals surface area (Å²) < 4.78 is 1.66. The Morgan fingerprint density at radius 1 is 1.19 bits per heavy atom. The van der Waals surface area contributed by atoms with Crippen LogP contribution in [0.3, 0.4) is 0 Å². The van der Waals surface area contributed by atoms with E-state index in [0.29, 0.717) is 5.82 Å². The van der Waals surface area contributed by atoms with Gasteiger partial charge in [0.15, 0.2) is 11.6 Å². The lowest BCUT2D eigenvalue weighted by atomic mass is 10.1. The van der Waals surface area contributed by atoms with Crippen LogP contribution in [0.4, 0.5) is 0 Å². The van der Waals surface area contributed by atoms with E-state index in [0.717, 1.165) is 43.0 Å². The Morgan fingerprint density at radius 3 is 2.52 bits per heavy atom. The number of rotatable bonds is 6. The quantitative estimate of drug-likeness (QED) is 0.883. The zero-order valence-electron chi connectivity index (χ0n) is 12.6. The van der Waals surface area contributed by atoms with Gasteiger partial charge < -0.3 is 5.11 Å². The summed E-state index contributed by atoms with van der Waals surface area (Å²) in [4.78, 5) is 20.3. The predicted molar refractivity (Wildman–Crippen MR) is 78.9 cm³/mol. The van der Waals surface area contributed by atoms with Gasteiger partial charge in [-0.3, -0.25) is 0 Å². The number of hydrogen-bond acceptors (Lipinski definition) is 4. The van der Waals surface area contributed by atoms with Crippen molar-refractivity contribution < 1.29 is 9.90 Å². The van der Waals surface area contributed by atoms with E-state index in [1.807, 2.05) is 20.8 Å². The smallest absolute Gasteiger partial charge is 0.335 e. The van der Waals surface area contributed by atoms with E-state index in [2.05, 4.69) is 15.1 Å². The van der Waals surface area contributed by atoms with Gasteiger partial charge in [-0.15, -0.1) is 5.10 Å². The average Bonchev–Trinajstić information content (AvgIpc) is 2.90. The Balaban J connectivity index is 2.56. The fourth-order valence-electron chi connectivity index (χ4n) is 2.14. The Labute approximate surface area is 123 Å². The molecule has 0 aliphatic carbocycles. The Bertz CT molecular complexity index is 649. The van der Waals surface area contributed by atoms with Gasteiger partial charge in [-0.1, -0.05) is 27.2 Å². The number of carboxylic acids is 1. The standard InChI is InChI=1S/C15H20N4O2/c1-4-7-11-8-10(15(20)21)9-14(16-11)19-13(6-3)17-12(5-2)18-19/h8-9H,4-7H2,1-3H3,(H,20,21). The summed E-state index contributed by atoms with van der Waals surface area (Å²) in [6.07, 6.45) is 3.11. The molecule has 0 saturated carbocycles. The molecule has 0 bridgehead atoms. The molecule has 21 heavy (non-hydrogen) atoms. The monoisotopic (exact) mass is 288 g/mol. The summed E-state index contributed by atoms with van der Waals surface area (Å²) in [7, 11) is 0. The van der Waals surface area contributed by atoms with Crippen molar-refractivity contribution in [3.8, 4) is 5.82 Å². The van der Waals surface area contributed by atoms with Crippen LogP contribution in [0.1, 0.15) is 54.9 Å². The molecule has 2 rings (SSSR count). The molecule has 0 atom stereocenters. The van der Waals surface area contributed by atoms with Crippen LogP contribution in [0.25, 0.3) is 5.82 Å². The fraction of sp³-hybridized carbons (Fsp3) is 0.467. The van der Waals surface area contributed by atoms with E-state index in [1.165, 1.54) is 0 Å². The zero-order valence-corrected chi connectivity index (χ0v) is 12.6. The number of nitrogens with zero attached hydrogens (tertiary/aromatic N) is 4. The van der Waals surface area contributed by atoms with Crippen molar-refractivity contribution in [1.29, 1.82) is 0 Å². The molecule has 0 amide bonds. The van der Waals surface area contributed by atoms with Gasteiger partial charge in [0.25, 0.3) is 0 Å². The third-order valence-corrected chi connectivity index (χ3v) is 3.19. The number of hydrogen-bond donors (Lipinski definition) is 1. The largest absolute Gasteiger partial charge is 0.478 e. The molecule has 1 N–H and O–H groups in total. The third-order valence-electron chi connectivity index (χ3n) is 3.19. The minimum Gasteiger partial charge on any atom is -0.478 e. The van der Waals surface area contributed by atoms with E-state index in [4.69, 9.17) is 0 Å². The second kappa shape index (κ2) is 6.47. The Morgan fingerprint density at radius 2 is 1.95 bits per heavy atom. The third kappa shape index (κ3) is 3.26. The highest BCUT2D eigenvalue weighted by atomic mass is 16.4. The highest BCUT2D eigenvalue weighted by molar-refractivity contribution is 5.88. The van der Waals surface area contributed by atoms with Gasteiger partial charge >= 0.3 is 5.97 Å². The van der Waals surface area contributed by atoms with Crippen molar-refractivity contribution in [2.75, 3.05) is 0 Å². The maximum Gasteiger partial charge on any atom is 0.335 e. The topological polar surface area (TPSA) is 80.9 Å². The van der Waals surface area contributed by atoms with Crippen LogP contribution in [0.2, 0.25) is 0 Å². The zero-order chi connectivity index (χ0) is 15.4. The summed E-state index contributed by atoms with van der Waals surface area (Å²) in [5.41, 5.74) is 1.00. The molecule has 0 fully saturated rings. The molecule has 0 aliphatic heterocycles. The average molecular weight is 288 g/mol. The highest BCUT2D eigenvalue weighted by Crippen LogP contribution is 2.14. The van der Waals surface area contributed by atoms with Gasteiger partial charge in [-0.05, 0) is 18.6 Å². The molecule has 0 saturated heterocycles. The van der Waals surface area contributed by atoms with Crippen molar-refractivity contribution in [2.24, 2.45) is 0 Å². The second-order valence-corrected chi connectivity index (χ2v) is 4.82. The van der Waals surface area contributed by atoms with Crippen LogP contribution >= 0.6 is 0 Å². The summed E-state index contributed by atoms with van der Waals surface area (Å²) >= 11 is 0. The number of aryl methyl sites for hydroxylation is 3. The van der Waals surface area contributed by atoms with Gasteiger partial charge in [0.05, 0.1) is 5.56 Å². The minimum atomic E-state index is -0.954. The van der Waals surface area contributed by atoms with Gasteiger partial charge in [0.1, 0.15) is 5.82 Å². The maximum atomic E-state index is 11.3. The summed E-state index contributed by atoms with van der Waals surface area (Å²) in [5, 5.41) is 13.7. The van der Waals surface area contributed by atoms with E-state index in [9.17, 15) is 9.90 Å². The van der Waals surface area contributed by atoms with E-state index >= 15 is 0 Å². The first-order chi connectivity index (χ1) is 10.1. The molecular weight excluding hydrogens is 268 g/mol. The first kappa shape index (κ1) is 15.2. The molecule has 0 aromatic carbocycles. The molecule has 112 valence electrons. The van der Waals surface area contributed by atoms with Crippen molar-refractivity contribution in [3.05, 3.63) is 35.0 Å². The van der Waals surface area contributed by atoms with Crippen LogP contribution in [-0.4, -0.2) is 30.8 Å². The molecule has 0 aliphatic rings. The molecule has 0 unspecified atom stereocenters. The first-order valence-electron chi connectivity index (χ1n) is 7.28. The summed E-state index contributed by atoms with van der Waals surface area (Å²) in [6, 6.07) is 3.17. The molecule has 0 spiro atoms. The number of carboxylic acid groups (broad SMARTS) is 1. The lowest BCUT2D eigenvalue weighted by molar-refractivity contribution is 0.0696. The molecule has 2 aromatic heterocycles. The van der Waals surface area contributed by atoms with Crippen molar-refractivity contribution >= 4 is 5.97 Å². The van der Waals surface area contributed by atoms with Crippen molar-refractivity contribution in [1.82, 2.24) is 19.7 Å². The van der Waals surface area contributed by atoms with Crippen molar-refractivity contribution in [2.45, 2.75) is 46.5 Å². The normalized spacial score (nSPS) is 10.8. The van der Waals surface area contributed by atoms with E-state index in [1.54, 1.807) is 16.8 Å². The predicted octanol–water partition coefficient (Wildman–Crippen LogP) is 2.44. The molecule has 2 heterocycles. The number of carbonyl (C=O) groups is 1. The molecular formula is C15H20N4O2. The van der Waals surface area contributed by atoms with Gasteiger partial charge in [-0.2, -0.15) is 4.68 Å². The lowest BCUT2D eigenvalue weighted by Crippen LogP contribution is -2.09.